The number of morpholine rings is 1. The van der Waals surface area contributed by atoms with Gasteiger partial charge < -0.3 is 14.6 Å². The Balaban J connectivity index is 1.26. The lowest BCUT2D eigenvalue weighted by molar-refractivity contribution is -0.126. The first-order valence-electron chi connectivity index (χ1n) is 11.6. The topological polar surface area (TPSA) is 59.0 Å². The van der Waals surface area contributed by atoms with Crippen LogP contribution in [-0.4, -0.2) is 61.3 Å². The lowest BCUT2D eigenvalue weighted by Crippen LogP contribution is -2.38. The number of nitrogens with zero attached hydrogens (tertiary/aromatic N) is 1. The first kappa shape index (κ1) is 24.1. The van der Waals surface area contributed by atoms with Gasteiger partial charge in [0.05, 0.1) is 13.2 Å². The Hall–Kier alpha value is -3.06. The summed E-state index contributed by atoms with van der Waals surface area (Å²) in [6, 6.07) is 21.7. The van der Waals surface area contributed by atoms with Crippen molar-refractivity contribution in [1.29, 1.82) is 0 Å². The third kappa shape index (κ3) is 6.97. The highest BCUT2D eigenvalue weighted by Crippen LogP contribution is 2.23. The molecule has 0 amide bonds. The van der Waals surface area contributed by atoms with Crippen LogP contribution >= 0.6 is 0 Å². The van der Waals surface area contributed by atoms with Crippen LogP contribution in [0.2, 0.25) is 0 Å². The molecule has 0 bridgehead atoms. The fourth-order valence-corrected chi connectivity index (χ4v) is 4.00. The van der Waals surface area contributed by atoms with Gasteiger partial charge in [-0.15, -0.1) is 0 Å². The summed E-state index contributed by atoms with van der Waals surface area (Å²) in [5.74, 6) is 0.183. The van der Waals surface area contributed by atoms with Gasteiger partial charge in [0, 0.05) is 32.5 Å². The summed E-state index contributed by atoms with van der Waals surface area (Å²) in [7, 11) is 0. The van der Waals surface area contributed by atoms with E-state index in [1.54, 1.807) is 12.1 Å². The van der Waals surface area contributed by atoms with E-state index >= 15 is 0 Å². The lowest BCUT2D eigenvalue weighted by Gasteiger charge is -2.26. The SMILES string of the molecule is O=C(Cc1ccc(-c2ccc(OCCN3CCOCC3)cc2)cc1)C(O)Cc1cccc(F)c1. The Morgan fingerprint density at radius 1 is 0.971 bits per heavy atom. The second-order valence-electron chi connectivity index (χ2n) is 8.52. The van der Waals surface area contributed by atoms with Crippen molar-refractivity contribution < 1.29 is 23.8 Å². The molecule has 3 aromatic rings. The molecule has 0 spiro atoms. The van der Waals surface area contributed by atoms with Crippen molar-refractivity contribution in [3.63, 3.8) is 0 Å². The third-order valence-corrected chi connectivity index (χ3v) is 5.99. The highest BCUT2D eigenvalue weighted by molar-refractivity contribution is 5.85. The molecule has 1 aliphatic rings. The summed E-state index contributed by atoms with van der Waals surface area (Å²) >= 11 is 0. The molecule has 0 radical (unpaired) electrons. The van der Waals surface area contributed by atoms with Crippen molar-refractivity contribution in [1.82, 2.24) is 4.90 Å². The summed E-state index contributed by atoms with van der Waals surface area (Å²) in [5, 5.41) is 10.2. The maximum Gasteiger partial charge on any atom is 0.165 e. The van der Waals surface area contributed by atoms with Gasteiger partial charge in [-0.3, -0.25) is 9.69 Å². The lowest BCUT2D eigenvalue weighted by atomic mass is 9.98. The van der Waals surface area contributed by atoms with E-state index in [1.807, 2.05) is 48.5 Å². The molecule has 1 heterocycles. The minimum absolute atomic E-state index is 0.107. The quantitative estimate of drug-likeness (QED) is 0.494. The molecule has 1 atom stereocenters. The van der Waals surface area contributed by atoms with Gasteiger partial charge in [0.1, 0.15) is 24.3 Å². The van der Waals surface area contributed by atoms with Gasteiger partial charge in [-0.25, -0.2) is 4.39 Å². The summed E-state index contributed by atoms with van der Waals surface area (Å²) < 4.78 is 24.5. The summed E-state index contributed by atoms with van der Waals surface area (Å²) in [4.78, 5) is 14.8. The number of hydrogen-bond acceptors (Lipinski definition) is 5. The second-order valence-corrected chi connectivity index (χ2v) is 8.52. The van der Waals surface area contributed by atoms with Crippen molar-refractivity contribution in [3.05, 3.63) is 89.7 Å². The molecule has 1 N–H and O–H groups in total. The summed E-state index contributed by atoms with van der Waals surface area (Å²) in [5.41, 5.74) is 3.53. The van der Waals surface area contributed by atoms with Crippen molar-refractivity contribution in [2.45, 2.75) is 18.9 Å². The van der Waals surface area contributed by atoms with E-state index < -0.39 is 6.10 Å². The highest BCUT2D eigenvalue weighted by Gasteiger charge is 2.16. The minimum atomic E-state index is -1.16. The Kier molecular flexibility index (Phi) is 8.41. The molecule has 0 saturated carbocycles. The smallest absolute Gasteiger partial charge is 0.165 e. The Morgan fingerprint density at radius 2 is 1.65 bits per heavy atom. The largest absolute Gasteiger partial charge is 0.492 e. The van der Waals surface area contributed by atoms with Crippen molar-refractivity contribution in [2.24, 2.45) is 0 Å². The van der Waals surface area contributed by atoms with Crippen LogP contribution in [0.5, 0.6) is 5.75 Å². The Morgan fingerprint density at radius 3 is 2.32 bits per heavy atom. The zero-order valence-corrected chi connectivity index (χ0v) is 19.2. The normalized spacial score (nSPS) is 15.1. The number of halogens is 1. The molecule has 1 aliphatic heterocycles. The summed E-state index contributed by atoms with van der Waals surface area (Å²) in [6.45, 7) is 5.02. The molecular formula is C28H30FNO4. The molecule has 0 aliphatic carbocycles. The van der Waals surface area contributed by atoms with Gasteiger partial charge in [0.25, 0.3) is 0 Å². The molecule has 1 unspecified atom stereocenters. The van der Waals surface area contributed by atoms with Gasteiger partial charge in [-0.1, -0.05) is 48.5 Å². The van der Waals surface area contributed by atoms with Crippen LogP contribution in [0.4, 0.5) is 4.39 Å². The van der Waals surface area contributed by atoms with E-state index in [1.165, 1.54) is 12.1 Å². The van der Waals surface area contributed by atoms with Crippen LogP contribution in [-0.2, 0) is 22.4 Å². The van der Waals surface area contributed by atoms with Gasteiger partial charge in [-0.05, 0) is 46.5 Å². The van der Waals surface area contributed by atoms with Crippen LogP contribution in [0.15, 0.2) is 72.8 Å². The van der Waals surface area contributed by atoms with E-state index in [9.17, 15) is 14.3 Å². The first-order chi connectivity index (χ1) is 16.6. The van der Waals surface area contributed by atoms with Gasteiger partial charge >= 0.3 is 0 Å². The Labute approximate surface area is 199 Å². The number of rotatable bonds is 10. The van der Waals surface area contributed by atoms with E-state index in [0.717, 1.165) is 55.3 Å². The van der Waals surface area contributed by atoms with Crippen molar-refractivity contribution in [3.8, 4) is 16.9 Å². The maximum atomic E-state index is 13.3. The standard InChI is InChI=1S/C28H30FNO4/c29-25-3-1-2-22(18-25)20-28(32)27(31)19-21-4-6-23(7-5-21)24-8-10-26(11-9-24)34-17-14-30-12-15-33-16-13-30/h1-11,18,28,32H,12-17,19-20H2. The molecule has 1 fully saturated rings. The maximum absolute atomic E-state index is 13.3. The molecule has 178 valence electrons. The predicted molar refractivity (Wildman–Crippen MR) is 129 cm³/mol. The Bertz CT molecular complexity index is 1060. The number of ether oxygens (including phenoxy) is 2. The molecule has 0 aromatic heterocycles. The first-order valence-corrected chi connectivity index (χ1v) is 11.6. The molecule has 1 saturated heterocycles. The van der Waals surface area contributed by atoms with Crippen LogP contribution in [0.1, 0.15) is 11.1 Å². The highest BCUT2D eigenvalue weighted by atomic mass is 19.1. The van der Waals surface area contributed by atoms with Crippen molar-refractivity contribution in [2.75, 3.05) is 39.5 Å². The van der Waals surface area contributed by atoms with Gasteiger partial charge in [0.15, 0.2) is 5.78 Å². The molecule has 4 rings (SSSR count). The van der Waals surface area contributed by atoms with Crippen LogP contribution in [0.25, 0.3) is 11.1 Å². The molecule has 3 aromatic carbocycles. The number of ketones is 1. The van der Waals surface area contributed by atoms with Gasteiger partial charge in [0.2, 0.25) is 0 Å². The average molecular weight is 464 g/mol. The number of carbonyl (C=O) groups is 1. The number of hydrogen-bond donors (Lipinski definition) is 1. The van der Waals surface area contributed by atoms with Gasteiger partial charge in [-0.2, -0.15) is 0 Å². The zero-order valence-electron chi connectivity index (χ0n) is 19.2. The van der Waals surface area contributed by atoms with Crippen LogP contribution in [0.3, 0.4) is 0 Å². The molecular weight excluding hydrogens is 433 g/mol. The number of benzene rings is 3. The summed E-state index contributed by atoms with van der Waals surface area (Å²) in [6.07, 6.45) is -0.917. The second kappa shape index (κ2) is 11.9. The monoisotopic (exact) mass is 463 g/mol. The fourth-order valence-electron chi connectivity index (χ4n) is 4.00. The minimum Gasteiger partial charge on any atom is -0.492 e. The predicted octanol–water partition coefficient (Wildman–Crippen LogP) is 3.92. The van der Waals surface area contributed by atoms with E-state index in [4.69, 9.17) is 9.47 Å². The third-order valence-electron chi connectivity index (χ3n) is 5.99. The van der Waals surface area contributed by atoms with Crippen LogP contribution < -0.4 is 4.74 Å². The van der Waals surface area contributed by atoms with E-state index in [-0.39, 0.29) is 24.4 Å². The van der Waals surface area contributed by atoms with Crippen molar-refractivity contribution >= 4 is 5.78 Å². The zero-order chi connectivity index (χ0) is 23.8. The fraction of sp³-hybridized carbons (Fsp3) is 0.321. The molecule has 6 heteroatoms. The van der Waals surface area contributed by atoms with E-state index in [0.29, 0.717) is 12.2 Å². The average Bonchev–Trinajstić information content (AvgIpc) is 2.86. The molecule has 5 nitrogen and oxygen atoms in total. The number of carbonyl (C=O) groups excluding carboxylic acids is 1. The number of Topliss-reactive ketones (excluding diaryl/α,β-unsaturated/α-hetero) is 1. The number of aliphatic hydroxyl groups excluding tert-OH is 1. The van der Waals surface area contributed by atoms with E-state index in [2.05, 4.69) is 4.90 Å². The molecule has 34 heavy (non-hydrogen) atoms. The number of aliphatic hydroxyl groups is 1. The van der Waals surface area contributed by atoms with Crippen LogP contribution in [0, 0.1) is 5.82 Å².